The van der Waals surface area contributed by atoms with Crippen molar-refractivity contribution in [3.05, 3.63) is 84.2 Å². The lowest BCUT2D eigenvalue weighted by molar-refractivity contribution is 0.264. The summed E-state index contributed by atoms with van der Waals surface area (Å²) in [6, 6.07) is 18.3. The van der Waals surface area contributed by atoms with Gasteiger partial charge in [-0.25, -0.2) is 8.42 Å². The topological polar surface area (TPSA) is 69.5 Å². The van der Waals surface area contributed by atoms with Crippen LogP contribution in [0, 0.1) is 0 Å². The molecule has 0 amide bonds. The summed E-state index contributed by atoms with van der Waals surface area (Å²) in [5, 5.41) is 0. The number of sulfone groups is 1. The molecule has 0 atom stereocenters. The first-order valence-electron chi connectivity index (χ1n) is 13.2. The van der Waals surface area contributed by atoms with Crippen LogP contribution in [-0.2, 0) is 16.3 Å². The van der Waals surface area contributed by atoms with Gasteiger partial charge >= 0.3 is 0 Å². The molecule has 8 heteroatoms. The van der Waals surface area contributed by atoms with Gasteiger partial charge in [0.15, 0.2) is 0 Å². The Morgan fingerprint density at radius 2 is 1.59 bits per heavy atom. The van der Waals surface area contributed by atoms with E-state index in [1.165, 1.54) is 0 Å². The summed E-state index contributed by atoms with van der Waals surface area (Å²) >= 11 is 0. The third kappa shape index (κ3) is 6.75. The van der Waals surface area contributed by atoms with Crippen molar-refractivity contribution in [3.8, 4) is 17.2 Å². The Balaban J connectivity index is 1.31. The van der Waals surface area contributed by atoms with Gasteiger partial charge in [0.2, 0.25) is 9.84 Å². The highest BCUT2D eigenvalue weighted by Gasteiger charge is 2.27. The first-order valence-corrected chi connectivity index (χ1v) is 14.7. The second kappa shape index (κ2) is 12.6. The van der Waals surface area contributed by atoms with Crippen LogP contribution in [0.4, 0.5) is 0 Å². The van der Waals surface area contributed by atoms with E-state index in [4.69, 9.17) is 14.2 Å². The number of nitrogens with zero attached hydrogens (tertiary/aromatic N) is 2. The Bertz CT molecular complexity index is 1470. The molecule has 2 heterocycles. The van der Waals surface area contributed by atoms with Crippen molar-refractivity contribution in [2.75, 3.05) is 41.0 Å². The summed E-state index contributed by atoms with van der Waals surface area (Å²) in [7, 11) is 1.72. The van der Waals surface area contributed by atoms with Gasteiger partial charge in [-0.3, -0.25) is 0 Å². The molecule has 0 aliphatic heterocycles. The summed E-state index contributed by atoms with van der Waals surface area (Å²) in [5.74, 6) is 2.32. The Hall–Kier alpha value is -3.49. The van der Waals surface area contributed by atoms with Crippen LogP contribution in [0.5, 0.6) is 17.2 Å². The number of rotatable bonds is 13. The van der Waals surface area contributed by atoms with Crippen molar-refractivity contribution >= 4 is 15.4 Å². The molecule has 0 unspecified atom stereocenters. The van der Waals surface area contributed by atoms with E-state index in [2.05, 4.69) is 11.9 Å². The molecule has 2 aromatic heterocycles. The molecule has 2 aromatic carbocycles. The molecule has 0 spiro atoms. The van der Waals surface area contributed by atoms with E-state index in [0.717, 1.165) is 48.6 Å². The van der Waals surface area contributed by atoms with Crippen molar-refractivity contribution in [3.63, 3.8) is 0 Å². The van der Waals surface area contributed by atoms with E-state index in [0.29, 0.717) is 22.8 Å². The predicted molar refractivity (Wildman–Crippen MR) is 154 cm³/mol. The summed E-state index contributed by atoms with van der Waals surface area (Å²) in [6.45, 7) is 6.35. The highest BCUT2D eigenvalue weighted by molar-refractivity contribution is 7.91. The average Bonchev–Trinajstić information content (AvgIpc) is 3.35. The molecule has 0 fully saturated rings. The number of ether oxygens (including phenoxy) is 3. The Kier molecular flexibility index (Phi) is 9.20. The molecule has 7 nitrogen and oxygen atoms in total. The first kappa shape index (κ1) is 28.5. The maximum absolute atomic E-state index is 13.6. The third-order valence-electron chi connectivity index (χ3n) is 6.83. The number of methoxy groups -OCH3 is 2. The van der Waals surface area contributed by atoms with Gasteiger partial charge in [-0.05, 0) is 85.5 Å². The third-order valence-corrected chi connectivity index (χ3v) is 8.71. The summed E-state index contributed by atoms with van der Waals surface area (Å²) in [5.41, 5.74) is 2.67. The largest absolute Gasteiger partial charge is 0.497 e. The summed E-state index contributed by atoms with van der Waals surface area (Å²) in [4.78, 5) is 2.91. The first-order chi connectivity index (χ1) is 18.7. The van der Waals surface area contributed by atoms with Gasteiger partial charge < -0.3 is 23.5 Å². The second-order valence-electron chi connectivity index (χ2n) is 10.0. The number of pyridine rings is 1. The van der Waals surface area contributed by atoms with Crippen LogP contribution in [0.15, 0.2) is 82.8 Å². The SMILES string of the molecule is COc1cc(CCN(C)CCCOc2ccc(S(=O)(=O)c3c(C(C)C)cn4ccccc34)cc2)cc(OC)c1. The van der Waals surface area contributed by atoms with E-state index in [-0.39, 0.29) is 10.8 Å². The van der Waals surface area contributed by atoms with Crippen LogP contribution >= 0.6 is 0 Å². The van der Waals surface area contributed by atoms with E-state index in [1.807, 2.05) is 67.0 Å². The normalized spacial score (nSPS) is 11.9. The minimum atomic E-state index is -3.69. The van der Waals surface area contributed by atoms with Crippen LogP contribution in [0.25, 0.3) is 5.52 Å². The lowest BCUT2D eigenvalue weighted by Crippen LogP contribution is -2.23. The molecular weight excluding hydrogens is 512 g/mol. The monoisotopic (exact) mass is 550 g/mol. The van der Waals surface area contributed by atoms with Gasteiger partial charge in [0.25, 0.3) is 0 Å². The van der Waals surface area contributed by atoms with Crippen molar-refractivity contribution in [1.82, 2.24) is 9.30 Å². The minimum Gasteiger partial charge on any atom is -0.497 e. The molecule has 0 N–H and O–H groups in total. The zero-order chi connectivity index (χ0) is 28.0. The summed E-state index contributed by atoms with van der Waals surface area (Å²) < 4.78 is 45.8. The van der Waals surface area contributed by atoms with E-state index >= 15 is 0 Å². The molecule has 0 bridgehead atoms. The maximum Gasteiger partial charge on any atom is 0.209 e. The molecule has 39 heavy (non-hydrogen) atoms. The fourth-order valence-electron chi connectivity index (χ4n) is 4.62. The Labute approximate surface area is 231 Å². The van der Waals surface area contributed by atoms with Gasteiger partial charge in [0, 0.05) is 31.5 Å². The highest BCUT2D eigenvalue weighted by atomic mass is 32.2. The fraction of sp³-hybridized carbons (Fsp3) is 0.355. The number of aromatic nitrogens is 1. The second-order valence-corrected chi connectivity index (χ2v) is 11.9. The van der Waals surface area contributed by atoms with Crippen LogP contribution in [0.2, 0.25) is 0 Å². The number of fused-ring (bicyclic) bond motifs is 1. The molecule has 0 saturated carbocycles. The van der Waals surface area contributed by atoms with E-state index in [9.17, 15) is 8.42 Å². The van der Waals surface area contributed by atoms with E-state index < -0.39 is 9.84 Å². The average molecular weight is 551 g/mol. The molecule has 0 aliphatic carbocycles. The number of hydrogen-bond acceptors (Lipinski definition) is 6. The van der Waals surface area contributed by atoms with Crippen LogP contribution < -0.4 is 14.2 Å². The number of hydrogen-bond donors (Lipinski definition) is 0. The van der Waals surface area contributed by atoms with Gasteiger partial charge in [0.05, 0.1) is 31.2 Å². The van der Waals surface area contributed by atoms with Crippen LogP contribution in [0.1, 0.15) is 37.3 Å². The lowest BCUT2D eigenvalue weighted by Gasteiger charge is -2.17. The van der Waals surface area contributed by atoms with Crippen LogP contribution in [0.3, 0.4) is 0 Å². The smallest absolute Gasteiger partial charge is 0.209 e. The number of benzene rings is 2. The van der Waals surface area contributed by atoms with Gasteiger partial charge in [-0.2, -0.15) is 0 Å². The summed E-state index contributed by atoms with van der Waals surface area (Å²) in [6.07, 6.45) is 5.53. The molecule has 0 radical (unpaired) electrons. The zero-order valence-electron chi connectivity index (χ0n) is 23.4. The minimum absolute atomic E-state index is 0.0776. The molecule has 4 rings (SSSR count). The lowest BCUT2D eigenvalue weighted by atomic mass is 10.1. The van der Waals surface area contributed by atoms with Crippen molar-refractivity contribution in [1.29, 1.82) is 0 Å². The molecule has 0 aliphatic rings. The number of likely N-dealkylation sites (N-methyl/N-ethyl adjacent to an activating group) is 1. The van der Waals surface area contributed by atoms with Gasteiger partial charge in [-0.15, -0.1) is 0 Å². The van der Waals surface area contributed by atoms with Gasteiger partial charge in [0.1, 0.15) is 22.1 Å². The highest BCUT2D eigenvalue weighted by Crippen LogP contribution is 2.34. The standard InChI is InChI=1S/C31H38N2O5S/c1-23(2)29-22-33-16-7-6-9-30(33)31(29)39(34,35)28-12-10-25(11-13-28)38-18-8-15-32(3)17-14-24-19-26(36-4)21-27(20-24)37-5/h6-7,9-13,16,19-23H,8,14-15,17-18H2,1-5H3. The fourth-order valence-corrected chi connectivity index (χ4v) is 6.40. The molecular formula is C31H38N2O5S. The molecule has 208 valence electrons. The van der Waals surface area contributed by atoms with E-state index in [1.54, 1.807) is 38.5 Å². The Morgan fingerprint density at radius 3 is 2.23 bits per heavy atom. The predicted octanol–water partition coefficient (Wildman–Crippen LogP) is 5.86. The quantitative estimate of drug-likeness (QED) is 0.194. The maximum atomic E-state index is 13.6. The molecule has 4 aromatic rings. The zero-order valence-corrected chi connectivity index (χ0v) is 24.2. The van der Waals surface area contributed by atoms with Crippen LogP contribution in [-0.4, -0.2) is 58.7 Å². The Morgan fingerprint density at radius 1 is 0.897 bits per heavy atom. The van der Waals surface area contributed by atoms with Crippen molar-refractivity contribution in [2.45, 2.75) is 42.4 Å². The van der Waals surface area contributed by atoms with Gasteiger partial charge in [-0.1, -0.05) is 19.9 Å². The van der Waals surface area contributed by atoms with Crippen molar-refractivity contribution < 1.29 is 22.6 Å². The molecule has 0 saturated heterocycles. The van der Waals surface area contributed by atoms with Crippen molar-refractivity contribution in [2.24, 2.45) is 0 Å².